The van der Waals surface area contributed by atoms with Crippen molar-refractivity contribution in [2.24, 2.45) is 0 Å². The fourth-order valence-corrected chi connectivity index (χ4v) is 1.48. The monoisotopic (exact) mass is 201 g/mol. The normalized spacial score (nSPS) is 11.9. The predicted octanol–water partition coefficient (Wildman–Crippen LogP) is 0.641. The maximum atomic E-state index is 11.6. The third-order valence-electron chi connectivity index (χ3n) is 2.21. The fraction of sp³-hybridized carbons (Fsp3) is 0.0833. The van der Waals surface area contributed by atoms with Gasteiger partial charge in [-0.1, -0.05) is 24.8 Å². The van der Waals surface area contributed by atoms with Crippen LogP contribution in [0.2, 0.25) is 0 Å². The van der Waals surface area contributed by atoms with Gasteiger partial charge < -0.3 is 4.42 Å². The topological polar surface area (TPSA) is 35.1 Å². The summed E-state index contributed by atoms with van der Waals surface area (Å²) in [5.74, 6) is -0.403. The van der Waals surface area contributed by atoms with Crippen LogP contribution in [-0.4, -0.2) is 4.57 Å². The molecule has 76 valence electrons. The van der Waals surface area contributed by atoms with Crippen molar-refractivity contribution in [3.8, 4) is 5.69 Å². The summed E-state index contributed by atoms with van der Waals surface area (Å²) in [7, 11) is 0. The van der Waals surface area contributed by atoms with Gasteiger partial charge in [0.25, 0.3) is 0 Å². The van der Waals surface area contributed by atoms with E-state index in [1.807, 2.05) is 37.3 Å². The highest BCUT2D eigenvalue weighted by atomic mass is 16.4. The Hall–Kier alpha value is -2.03. The minimum atomic E-state index is -0.403. The second-order valence-corrected chi connectivity index (χ2v) is 3.14. The molecule has 0 radical (unpaired) electrons. The summed E-state index contributed by atoms with van der Waals surface area (Å²) < 4.78 is 6.49. The number of rotatable bonds is 1. The summed E-state index contributed by atoms with van der Waals surface area (Å²) in [5, 5.41) is 0.578. The van der Waals surface area contributed by atoms with Crippen LogP contribution in [0.3, 0.4) is 0 Å². The highest BCUT2D eigenvalue weighted by molar-refractivity contribution is 5.32. The third-order valence-corrected chi connectivity index (χ3v) is 2.21. The third kappa shape index (κ3) is 1.52. The van der Waals surface area contributed by atoms with Gasteiger partial charge >= 0.3 is 5.76 Å². The second kappa shape index (κ2) is 3.61. The van der Waals surface area contributed by atoms with Crippen molar-refractivity contribution in [2.45, 2.75) is 6.92 Å². The molecule has 1 aromatic carbocycles. The van der Waals surface area contributed by atoms with E-state index in [0.717, 1.165) is 5.69 Å². The summed E-state index contributed by atoms with van der Waals surface area (Å²) in [5.41, 5.74) is 1.29. The number of benzene rings is 1. The standard InChI is InChI=1S/C12H11NO2/c1-3-11-9(2)13(12(14)15-11)10-7-5-4-6-8-10/h3-8H,2H2,1H3/b11-3+. The first kappa shape index (κ1) is 9.52. The molecule has 0 saturated carbocycles. The number of aromatic nitrogens is 1. The molecule has 2 rings (SSSR count). The lowest BCUT2D eigenvalue weighted by molar-refractivity contribution is 0.477. The van der Waals surface area contributed by atoms with Crippen molar-refractivity contribution in [1.82, 2.24) is 4.57 Å². The first-order valence-electron chi connectivity index (χ1n) is 4.66. The Morgan fingerprint density at radius 2 is 2.00 bits per heavy atom. The lowest BCUT2D eigenvalue weighted by atomic mass is 10.3. The van der Waals surface area contributed by atoms with E-state index < -0.39 is 5.76 Å². The van der Waals surface area contributed by atoms with Crippen LogP contribution in [-0.2, 0) is 0 Å². The Morgan fingerprint density at radius 3 is 2.53 bits per heavy atom. The van der Waals surface area contributed by atoms with Gasteiger partial charge in [-0.05, 0) is 25.1 Å². The number of nitrogens with zero attached hydrogens (tertiary/aromatic N) is 1. The highest BCUT2D eigenvalue weighted by Crippen LogP contribution is 1.99. The van der Waals surface area contributed by atoms with Gasteiger partial charge in [0, 0.05) is 0 Å². The Balaban J connectivity index is 2.81. The molecule has 0 aliphatic heterocycles. The molecule has 0 spiro atoms. The SMILES string of the molecule is C=c1/c(=C\C)oc(=O)n1-c1ccccc1. The summed E-state index contributed by atoms with van der Waals surface area (Å²) in [6.45, 7) is 5.63. The maximum absolute atomic E-state index is 11.6. The van der Waals surface area contributed by atoms with Crippen LogP contribution in [0.1, 0.15) is 6.92 Å². The molecule has 3 heteroatoms. The molecule has 0 amide bonds. The Bertz CT molecular complexity index is 620. The molecule has 0 N–H and O–H groups in total. The molecule has 0 aliphatic carbocycles. The van der Waals surface area contributed by atoms with Crippen molar-refractivity contribution < 1.29 is 4.42 Å². The van der Waals surface area contributed by atoms with Crippen molar-refractivity contribution in [3.05, 3.63) is 51.6 Å². The van der Waals surface area contributed by atoms with Crippen LogP contribution in [0.25, 0.3) is 18.3 Å². The summed E-state index contributed by atoms with van der Waals surface area (Å²) >= 11 is 0. The largest absolute Gasteiger partial charge is 0.424 e. The van der Waals surface area contributed by atoms with Gasteiger partial charge in [-0.15, -0.1) is 0 Å². The Labute approximate surface area is 86.6 Å². The van der Waals surface area contributed by atoms with E-state index in [4.69, 9.17) is 4.42 Å². The van der Waals surface area contributed by atoms with Crippen LogP contribution in [0.4, 0.5) is 0 Å². The van der Waals surface area contributed by atoms with E-state index in [-0.39, 0.29) is 0 Å². The fourth-order valence-electron chi connectivity index (χ4n) is 1.48. The first-order valence-corrected chi connectivity index (χ1v) is 4.66. The predicted molar refractivity (Wildman–Crippen MR) is 59.2 cm³/mol. The first-order chi connectivity index (χ1) is 7.24. The van der Waals surface area contributed by atoms with Crippen molar-refractivity contribution >= 4 is 12.7 Å². The molecule has 0 aliphatic rings. The molecular weight excluding hydrogens is 190 g/mol. The van der Waals surface area contributed by atoms with E-state index in [9.17, 15) is 4.79 Å². The molecule has 0 saturated heterocycles. The smallest absolute Gasteiger partial charge is 0.408 e. The minimum absolute atomic E-state index is 0.403. The zero-order valence-corrected chi connectivity index (χ0v) is 8.43. The van der Waals surface area contributed by atoms with Crippen molar-refractivity contribution in [3.63, 3.8) is 0 Å². The van der Waals surface area contributed by atoms with Crippen molar-refractivity contribution in [1.29, 1.82) is 0 Å². The van der Waals surface area contributed by atoms with Gasteiger partial charge in [0.15, 0.2) is 5.42 Å². The molecule has 0 unspecified atom stereocenters. The molecule has 1 heterocycles. The van der Waals surface area contributed by atoms with Crippen LogP contribution < -0.4 is 16.5 Å². The maximum Gasteiger partial charge on any atom is 0.424 e. The number of oxazole rings is 1. The van der Waals surface area contributed by atoms with Gasteiger partial charge in [-0.2, -0.15) is 0 Å². The molecule has 0 fully saturated rings. The van der Waals surface area contributed by atoms with E-state index in [1.165, 1.54) is 4.57 Å². The highest BCUT2D eigenvalue weighted by Gasteiger charge is 2.04. The molecule has 0 bridgehead atoms. The number of hydrogen-bond acceptors (Lipinski definition) is 2. The summed E-state index contributed by atoms with van der Waals surface area (Å²) in [6.07, 6.45) is 1.73. The molecular formula is C12H11NO2. The van der Waals surface area contributed by atoms with Crippen LogP contribution in [0, 0.1) is 0 Å². The van der Waals surface area contributed by atoms with Gasteiger partial charge in [0.1, 0.15) is 0 Å². The quantitative estimate of drug-likeness (QED) is 0.678. The lowest BCUT2D eigenvalue weighted by Gasteiger charge is -1.97. The van der Waals surface area contributed by atoms with Gasteiger partial charge in [-0.3, -0.25) is 0 Å². The second-order valence-electron chi connectivity index (χ2n) is 3.14. The van der Waals surface area contributed by atoms with Gasteiger partial charge in [-0.25, -0.2) is 9.36 Å². The number of para-hydroxylation sites is 1. The minimum Gasteiger partial charge on any atom is -0.408 e. The Morgan fingerprint density at radius 1 is 1.33 bits per heavy atom. The lowest BCUT2D eigenvalue weighted by Crippen LogP contribution is -2.29. The van der Waals surface area contributed by atoms with E-state index in [1.54, 1.807) is 6.08 Å². The van der Waals surface area contributed by atoms with E-state index in [2.05, 4.69) is 6.58 Å². The average molecular weight is 201 g/mol. The van der Waals surface area contributed by atoms with Crippen LogP contribution in [0.5, 0.6) is 0 Å². The zero-order valence-electron chi connectivity index (χ0n) is 8.43. The average Bonchev–Trinajstić information content (AvgIpc) is 2.55. The van der Waals surface area contributed by atoms with Crippen LogP contribution >= 0.6 is 0 Å². The van der Waals surface area contributed by atoms with E-state index in [0.29, 0.717) is 10.8 Å². The molecule has 2 aromatic rings. The Kier molecular flexibility index (Phi) is 2.29. The van der Waals surface area contributed by atoms with Gasteiger partial charge in [0.2, 0.25) is 0 Å². The molecule has 15 heavy (non-hydrogen) atoms. The molecule has 3 nitrogen and oxygen atoms in total. The van der Waals surface area contributed by atoms with Crippen molar-refractivity contribution in [2.75, 3.05) is 0 Å². The van der Waals surface area contributed by atoms with Crippen LogP contribution in [0.15, 0.2) is 39.5 Å². The van der Waals surface area contributed by atoms with E-state index >= 15 is 0 Å². The summed E-state index contributed by atoms with van der Waals surface area (Å²) in [4.78, 5) is 11.6. The molecule has 1 aromatic heterocycles. The molecule has 0 atom stereocenters. The zero-order chi connectivity index (χ0) is 10.8. The summed E-state index contributed by atoms with van der Waals surface area (Å²) in [6, 6.07) is 9.30. The van der Waals surface area contributed by atoms with Gasteiger partial charge in [0.05, 0.1) is 11.0 Å². The number of hydrogen-bond donors (Lipinski definition) is 0.